The number of benzene rings is 1. The molecule has 2 nitrogen and oxygen atoms in total. The van der Waals surface area contributed by atoms with Gasteiger partial charge in [0.15, 0.2) is 0 Å². The largest absolute Gasteiger partial charge is 0.431 e. The predicted octanol–water partition coefficient (Wildman–Crippen LogP) is 3.56. The van der Waals surface area contributed by atoms with Gasteiger partial charge in [-0.3, -0.25) is 0 Å². The van der Waals surface area contributed by atoms with Gasteiger partial charge in [-0.15, -0.1) is 0 Å². The minimum atomic E-state index is -4.39. The number of halogens is 4. The van der Waals surface area contributed by atoms with Crippen LogP contribution in [0.4, 0.5) is 13.2 Å². The molecule has 2 N–H and O–H groups in total. The van der Waals surface area contributed by atoms with Gasteiger partial charge in [0.25, 0.3) is 0 Å². The highest BCUT2D eigenvalue weighted by Gasteiger charge is 2.36. The van der Waals surface area contributed by atoms with Crippen molar-refractivity contribution in [1.82, 2.24) is 10.3 Å². The first kappa shape index (κ1) is 12.3. The zero-order valence-corrected chi connectivity index (χ0v) is 9.71. The van der Waals surface area contributed by atoms with Crippen LogP contribution in [0.2, 0.25) is 5.02 Å². The maximum absolute atomic E-state index is 12.8. The fourth-order valence-corrected chi connectivity index (χ4v) is 1.99. The molecule has 2 rings (SSSR count). The summed E-state index contributed by atoms with van der Waals surface area (Å²) >= 11 is 5.80. The molecule has 0 amide bonds. The third-order valence-electron chi connectivity index (χ3n) is 2.51. The Hall–Kier alpha value is -1.20. The summed E-state index contributed by atoms with van der Waals surface area (Å²) in [7, 11) is 1.60. The van der Waals surface area contributed by atoms with Gasteiger partial charge in [0.05, 0.1) is 0 Å². The molecule has 2 aromatic rings. The first-order valence-electron chi connectivity index (χ1n) is 4.95. The van der Waals surface area contributed by atoms with Crippen molar-refractivity contribution in [3.63, 3.8) is 0 Å². The van der Waals surface area contributed by atoms with Crippen molar-refractivity contribution < 1.29 is 13.2 Å². The standard InChI is InChI=1S/C11H10ClF3N2/c1-16-5-8-7-4-6(12)2-3-9(7)17-10(8)11(13,14)15/h2-4,16-17H,5H2,1H3. The molecule has 1 aromatic carbocycles. The third kappa shape index (κ3) is 2.25. The summed E-state index contributed by atoms with van der Waals surface area (Å²) in [6, 6.07) is 4.64. The van der Waals surface area contributed by atoms with E-state index in [-0.39, 0.29) is 12.1 Å². The summed E-state index contributed by atoms with van der Waals surface area (Å²) in [6.07, 6.45) is -4.39. The highest BCUT2D eigenvalue weighted by molar-refractivity contribution is 6.31. The smallest absolute Gasteiger partial charge is 0.351 e. The van der Waals surface area contributed by atoms with E-state index in [0.717, 1.165) is 0 Å². The Bertz CT molecular complexity index is 545. The van der Waals surface area contributed by atoms with Crippen LogP contribution in [0.15, 0.2) is 18.2 Å². The van der Waals surface area contributed by atoms with Crippen LogP contribution in [-0.4, -0.2) is 12.0 Å². The second-order valence-electron chi connectivity index (χ2n) is 3.70. The summed E-state index contributed by atoms with van der Waals surface area (Å²) in [5.41, 5.74) is -0.0893. The Kier molecular flexibility index (Phi) is 3.05. The molecule has 0 radical (unpaired) electrons. The molecule has 0 atom stereocenters. The molecule has 0 aliphatic carbocycles. The first-order chi connectivity index (χ1) is 7.93. The second kappa shape index (κ2) is 4.23. The molecule has 6 heteroatoms. The molecule has 0 spiro atoms. The SMILES string of the molecule is CNCc1c(C(F)(F)F)[nH]c2ccc(Cl)cc12. The Morgan fingerprint density at radius 1 is 1.35 bits per heavy atom. The monoisotopic (exact) mass is 262 g/mol. The normalized spacial score (nSPS) is 12.3. The second-order valence-corrected chi connectivity index (χ2v) is 4.13. The van der Waals surface area contributed by atoms with Gasteiger partial charge in [-0.1, -0.05) is 11.6 Å². The lowest BCUT2D eigenvalue weighted by atomic mass is 10.1. The average Bonchev–Trinajstić information content (AvgIpc) is 2.57. The maximum atomic E-state index is 12.8. The number of aromatic nitrogens is 1. The Labute approximate surface area is 101 Å². The highest BCUT2D eigenvalue weighted by Crippen LogP contribution is 2.36. The van der Waals surface area contributed by atoms with Crippen molar-refractivity contribution in [2.45, 2.75) is 12.7 Å². The molecule has 0 saturated carbocycles. The topological polar surface area (TPSA) is 27.8 Å². The number of rotatable bonds is 2. The van der Waals surface area contributed by atoms with E-state index < -0.39 is 11.9 Å². The molecule has 0 saturated heterocycles. The highest BCUT2D eigenvalue weighted by atomic mass is 35.5. The lowest BCUT2D eigenvalue weighted by Crippen LogP contribution is -2.13. The zero-order valence-electron chi connectivity index (χ0n) is 8.95. The van der Waals surface area contributed by atoms with Crippen molar-refractivity contribution in [2.75, 3.05) is 7.05 Å². The molecule has 0 aliphatic rings. The summed E-state index contributed by atoms with van der Waals surface area (Å²) in [6.45, 7) is 0.134. The molecule has 0 fully saturated rings. The minimum Gasteiger partial charge on any atom is -0.351 e. The first-order valence-corrected chi connectivity index (χ1v) is 5.33. The minimum absolute atomic E-state index is 0.134. The van der Waals surface area contributed by atoms with Crippen LogP contribution >= 0.6 is 11.6 Å². The molecule has 92 valence electrons. The number of nitrogens with one attached hydrogen (secondary N) is 2. The molecular formula is C11H10ClF3N2. The molecular weight excluding hydrogens is 253 g/mol. The van der Waals surface area contributed by atoms with Gasteiger partial charge in [-0.05, 0) is 25.2 Å². The van der Waals surface area contributed by atoms with E-state index in [0.29, 0.717) is 15.9 Å². The van der Waals surface area contributed by atoms with Crippen molar-refractivity contribution in [1.29, 1.82) is 0 Å². The molecule has 17 heavy (non-hydrogen) atoms. The molecule has 1 heterocycles. The number of aromatic amines is 1. The number of hydrogen-bond donors (Lipinski definition) is 2. The van der Waals surface area contributed by atoms with Gasteiger partial charge in [-0.25, -0.2) is 0 Å². The number of H-pyrrole nitrogens is 1. The lowest BCUT2D eigenvalue weighted by molar-refractivity contribution is -0.141. The fourth-order valence-electron chi connectivity index (χ4n) is 1.82. The van der Waals surface area contributed by atoms with Gasteiger partial charge in [0.2, 0.25) is 0 Å². The summed E-state index contributed by atoms with van der Waals surface area (Å²) in [5, 5.41) is 3.65. The van der Waals surface area contributed by atoms with Crippen LogP contribution < -0.4 is 5.32 Å². The van der Waals surface area contributed by atoms with E-state index in [4.69, 9.17) is 11.6 Å². The van der Waals surface area contributed by atoms with Gasteiger partial charge >= 0.3 is 6.18 Å². The van der Waals surface area contributed by atoms with Gasteiger partial charge in [0.1, 0.15) is 5.69 Å². The summed E-state index contributed by atoms with van der Waals surface area (Å²) < 4.78 is 38.5. The van der Waals surface area contributed by atoms with Crippen LogP contribution in [0.1, 0.15) is 11.3 Å². The molecule has 0 aliphatic heterocycles. The molecule has 1 aromatic heterocycles. The van der Waals surface area contributed by atoms with E-state index >= 15 is 0 Å². The van der Waals surface area contributed by atoms with Crippen molar-refractivity contribution >= 4 is 22.5 Å². The summed E-state index contributed by atoms with van der Waals surface area (Å²) in [4.78, 5) is 2.39. The summed E-state index contributed by atoms with van der Waals surface area (Å²) in [5.74, 6) is 0. The van der Waals surface area contributed by atoms with Crippen molar-refractivity contribution in [3.05, 3.63) is 34.5 Å². The van der Waals surface area contributed by atoms with Gasteiger partial charge in [0, 0.05) is 28.0 Å². The van der Waals surface area contributed by atoms with Crippen LogP contribution in [0.5, 0.6) is 0 Å². The third-order valence-corrected chi connectivity index (χ3v) is 2.74. The molecule has 0 bridgehead atoms. The van der Waals surface area contributed by atoms with E-state index in [1.54, 1.807) is 19.2 Å². The van der Waals surface area contributed by atoms with E-state index in [1.807, 2.05) is 0 Å². The maximum Gasteiger partial charge on any atom is 0.431 e. The number of alkyl halides is 3. The van der Waals surface area contributed by atoms with E-state index in [9.17, 15) is 13.2 Å². The van der Waals surface area contributed by atoms with Crippen molar-refractivity contribution in [2.24, 2.45) is 0 Å². The Morgan fingerprint density at radius 3 is 2.65 bits per heavy atom. The van der Waals surface area contributed by atoms with Crippen LogP contribution in [-0.2, 0) is 12.7 Å². The van der Waals surface area contributed by atoms with Crippen LogP contribution in [0, 0.1) is 0 Å². The predicted molar refractivity (Wildman–Crippen MR) is 61.1 cm³/mol. The number of hydrogen-bond acceptors (Lipinski definition) is 1. The number of fused-ring (bicyclic) bond motifs is 1. The van der Waals surface area contributed by atoms with Crippen LogP contribution in [0.3, 0.4) is 0 Å². The fraction of sp³-hybridized carbons (Fsp3) is 0.273. The lowest BCUT2D eigenvalue weighted by Gasteiger charge is -2.07. The quantitative estimate of drug-likeness (QED) is 0.851. The van der Waals surface area contributed by atoms with Gasteiger partial charge in [-0.2, -0.15) is 13.2 Å². The molecule has 0 unspecified atom stereocenters. The van der Waals surface area contributed by atoms with Crippen LogP contribution in [0.25, 0.3) is 10.9 Å². The van der Waals surface area contributed by atoms with E-state index in [1.165, 1.54) is 6.07 Å². The Morgan fingerprint density at radius 2 is 2.06 bits per heavy atom. The van der Waals surface area contributed by atoms with Gasteiger partial charge < -0.3 is 10.3 Å². The van der Waals surface area contributed by atoms with E-state index in [2.05, 4.69) is 10.3 Å². The average molecular weight is 263 g/mol. The Balaban J connectivity index is 2.71. The van der Waals surface area contributed by atoms with Crippen molar-refractivity contribution in [3.8, 4) is 0 Å². The zero-order chi connectivity index (χ0) is 12.6.